The summed E-state index contributed by atoms with van der Waals surface area (Å²) in [7, 11) is 1.57. The molecule has 134 valence electrons. The van der Waals surface area contributed by atoms with E-state index in [1.165, 1.54) is 10.9 Å². The number of rotatable bonds is 4. The van der Waals surface area contributed by atoms with Gasteiger partial charge in [-0.05, 0) is 38.3 Å². The molecule has 0 aliphatic carbocycles. The molecule has 2 aromatic heterocycles. The summed E-state index contributed by atoms with van der Waals surface area (Å²) in [6, 6.07) is 3.62. The molecule has 8 heteroatoms. The van der Waals surface area contributed by atoms with Crippen LogP contribution in [0, 0.1) is 6.92 Å². The van der Waals surface area contributed by atoms with E-state index in [4.69, 9.17) is 4.42 Å². The van der Waals surface area contributed by atoms with Crippen LogP contribution < -0.4 is 10.6 Å². The Morgan fingerprint density at radius 3 is 2.92 bits per heavy atom. The highest BCUT2D eigenvalue weighted by atomic mass is 16.3. The van der Waals surface area contributed by atoms with Crippen LogP contribution in [0.2, 0.25) is 0 Å². The highest BCUT2D eigenvalue weighted by Crippen LogP contribution is 2.32. The van der Waals surface area contributed by atoms with Gasteiger partial charge in [0.05, 0.1) is 17.9 Å². The van der Waals surface area contributed by atoms with Crippen LogP contribution in [-0.2, 0) is 11.3 Å². The minimum atomic E-state index is -0.182. The molecule has 1 fully saturated rings. The van der Waals surface area contributed by atoms with Gasteiger partial charge in [-0.1, -0.05) is 0 Å². The molecule has 3 heterocycles. The highest BCUT2D eigenvalue weighted by molar-refractivity contribution is 5.89. The quantitative estimate of drug-likeness (QED) is 0.889. The Morgan fingerprint density at radius 1 is 1.36 bits per heavy atom. The third-order valence-electron chi connectivity index (χ3n) is 4.32. The minimum Gasteiger partial charge on any atom is -0.464 e. The molecule has 0 unspecified atom stereocenters. The molecule has 0 radical (unpaired) electrons. The number of carbonyl (C=O) groups excluding carboxylic acids is 2. The van der Waals surface area contributed by atoms with Gasteiger partial charge in [-0.25, -0.2) is 4.79 Å². The molecule has 1 atom stereocenters. The van der Waals surface area contributed by atoms with Gasteiger partial charge in [-0.2, -0.15) is 5.10 Å². The second kappa shape index (κ2) is 7.42. The van der Waals surface area contributed by atoms with Gasteiger partial charge in [0.1, 0.15) is 18.1 Å². The fraction of sp³-hybridized carbons (Fsp3) is 0.471. The lowest BCUT2D eigenvalue weighted by molar-refractivity contribution is -0.121. The van der Waals surface area contributed by atoms with Gasteiger partial charge >= 0.3 is 6.03 Å². The van der Waals surface area contributed by atoms with Crippen molar-refractivity contribution < 1.29 is 14.0 Å². The summed E-state index contributed by atoms with van der Waals surface area (Å²) in [6.45, 7) is 2.70. The summed E-state index contributed by atoms with van der Waals surface area (Å²) in [4.78, 5) is 25.9. The summed E-state index contributed by atoms with van der Waals surface area (Å²) in [5.74, 6) is 1.52. The van der Waals surface area contributed by atoms with Crippen LogP contribution in [0.1, 0.15) is 36.8 Å². The summed E-state index contributed by atoms with van der Waals surface area (Å²) in [6.07, 6.45) is 6.11. The molecule has 3 amide bonds. The number of nitrogens with zero attached hydrogens (tertiary/aromatic N) is 3. The molecule has 1 saturated heterocycles. The molecular formula is C17H23N5O3. The van der Waals surface area contributed by atoms with Crippen molar-refractivity contribution in [3.05, 3.63) is 36.0 Å². The van der Waals surface area contributed by atoms with Gasteiger partial charge in [0.15, 0.2) is 0 Å². The maximum absolute atomic E-state index is 12.7. The first-order chi connectivity index (χ1) is 12.1. The van der Waals surface area contributed by atoms with E-state index in [9.17, 15) is 9.59 Å². The topological polar surface area (TPSA) is 92.4 Å². The van der Waals surface area contributed by atoms with E-state index in [0.29, 0.717) is 12.2 Å². The predicted octanol–water partition coefficient (Wildman–Crippen LogP) is 2.29. The predicted molar refractivity (Wildman–Crippen MR) is 92.1 cm³/mol. The van der Waals surface area contributed by atoms with Crippen molar-refractivity contribution in [3.63, 3.8) is 0 Å². The first kappa shape index (κ1) is 17.1. The molecule has 2 aromatic rings. The Labute approximate surface area is 146 Å². The lowest BCUT2D eigenvalue weighted by Crippen LogP contribution is -2.41. The van der Waals surface area contributed by atoms with E-state index in [2.05, 4.69) is 15.7 Å². The minimum absolute atomic E-state index is 0.0524. The number of piperidine rings is 1. The molecule has 0 aromatic carbocycles. The van der Waals surface area contributed by atoms with Crippen molar-refractivity contribution in [2.45, 2.75) is 38.8 Å². The van der Waals surface area contributed by atoms with Crippen LogP contribution in [0.4, 0.5) is 10.5 Å². The molecule has 8 nitrogen and oxygen atoms in total. The average Bonchev–Trinajstić information content (AvgIpc) is 3.23. The van der Waals surface area contributed by atoms with Crippen LogP contribution >= 0.6 is 0 Å². The summed E-state index contributed by atoms with van der Waals surface area (Å²) >= 11 is 0. The van der Waals surface area contributed by atoms with E-state index in [0.717, 1.165) is 30.8 Å². The Morgan fingerprint density at radius 2 is 2.20 bits per heavy atom. The lowest BCUT2D eigenvalue weighted by atomic mass is 10.0. The second-order valence-electron chi connectivity index (χ2n) is 6.18. The fourth-order valence-electron chi connectivity index (χ4n) is 3.04. The number of amides is 3. The van der Waals surface area contributed by atoms with Crippen LogP contribution in [0.25, 0.3) is 0 Å². The Hall–Kier alpha value is -2.77. The summed E-state index contributed by atoms with van der Waals surface area (Å²) in [5, 5.41) is 9.48. The number of anilines is 1. The standard InChI is InChI=1S/C17H23N5O3/c1-12-6-7-15(25-12)14-5-3-4-8-22(14)17(24)20-13-9-19-21(10-13)11-16(23)18-2/h6-7,9-10,14H,3-5,8,11H2,1-2H3,(H,18,23)(H,20,24)/t14-/m0/s1. The fourth-order valence-corrected chi connectivity index (χ4v) is 3.04. The van der Waals surface area contributed by atoms with E-state index in [1.54, 1.807) is 18.1 Å². The zero-order valence-electron chi connectivity index (χ0n) is 14.5. The third kappa shape index (κ3) is 4.01. The SMILES string of the molecule is CNC(=O)Cn1cc(NC(=O)N2CCCC[C@H]2c2ccc(C)o2)cn1. The largest absolute Gasteiger partial charge is 0.464 e. The summed E-state index contributed by atoms with van der Waals surface area (Å²) < 4.78 is 7.22. The van der Waals surface area contributed by atoms with Crippen molar-refractivity contribution in [2.75, 3.05) is 18.9 Å². The first-order valence-electron chi connectivity index (χ1n) is 8.44. The van der Waals surface area contributed by atoms with E-state index >= 15 is 0 Å². The number of aromatic nitrogens is 2. The normalized spacial score (nSPS) is 17.4. The van der Waals surface area contributed by atoms with E-state index in [1.807, 2.05) is 19.1 Å². The molecule has 1 aliphatic heterocycles. The van der Waals surface area contributed by atoms with Crippen LogP contribution in [0.15, 0.2) is 28.9 Å². The van der Waals surface area contributed by atoms with Crippen molar-refractivity contribution in [1.29, 1.82) is 0 Å². The van der Waals surface area contributed by atoms with Crippen LogP contribution in [-0.4, -0.2) is 40.2 Å². The molecule has 0 saturated carbocycles. The van der Waals surface area contributed by atoms with Gasteiger partial charge in [0, 0.05) is 19.8 Å². The molecule has 2 N–H and O–H groups in total. The molecule has 1 aliphatic rings. The number of urea groups is 1. The first-order valence-corrected chi connectivity index (χ1v) is 8.44. The van der Waals surface area contributed by atoms with E-state index < -0.39 is 0 Å². The van der Waals surface area contributed by atoms with E-state index in [-0.39, 0.29) is 24.5 Å². The van der Waals surface area contributed by atoms with Crippen molar-refractivity contribution in [2.24, 2.45) is 0 Å². The maximum atomic E-state index is 12.7. The highest BCUT2D eigenvalue weighted by Gasteiger charge is 2.30. The number of carbonyl (C=O) groups is 2. The number of furan rings is 1. The van der Waals surface area contributed by atoms with Crippen LogP contribution in [0.3, 0.4) is 0 Å². The smallest absolute Gasteiger partial charge is 0.322 e. The molecule has 3 rings (SSSR count). The number of aryl methyl sites for hydroxylation is 1. The third-order valence-corrected chi connectivity index (χ3v) is 4.32. The van der Waals surface area contributed by atoms with Gasteiger partial charge < -0.3 is 20.0 Å². The molecule has 0 spiro atoms. The Bertz CT molecular complexity index is 751. The zero-order chi connectivity index (χ0) is 17.8. The zero-order valence-corrected chi connectivity index (χ0v) is 14.5. The second-order valence-corrected chi connectivity index (χ2v) is 6.18. The van der Waals surface area contributed by atoms with Gasteiger partial charge in [-0.3, -0.25) is 9.48 Å². The van der Waals surface area contributed by atoms with Gasteiger partial charge in [-0.15, -0.1) is 0 Å². The number of nitrogens with one attached hydrogen (secondary N) is 2. The van der Waals surface area contributed by atoms with Gasteiger partial charge in [0.2, 0.25) is 5.91 Å². The Balaban J connectivity index is 1.67. The van der Waals surface area contributed by atoms with Crippen molar-refractivity contribution >= 4 is 17.6 Å². The maximum Gasteiger partial charge on any atom is 0.322 e. The molecule has 25 heavy (non-hydrogen) atoms. The molecule has 0 bridgehead atoms. The van der Waals surface area contributed by atoms with Crippen LogP contribution in [0.5, 0.6) is 0 Å². The Kier molecular flexibility index (Phi) is 5.06. The number of likely N-dealkylation sites (N-methyl/N-ethyl adjacent to an activating group) is 1. The number of hydrogen-bond donors (Lipinski definition) is 2. The van der Waals surface area contributed by atoms with Crippen molar-refractivity contribution in [3.8, 4) is 0 Å². The monoisotopic (exact) mass is 345 g/mol. The van der Waals surface area contributed by atoms with Crippen molar-refractivity contribution in [1.82, 2.24) is 20.0 Å². The average molecular weight is 345 g/mol. The number of hydrogen-bond acceptors (Lipinski definition) is 4. The number of likely N-dealkylation sites (tertiary alicyclic amines) is 1. The summed E-state index contributed by atoms with van der Waals surface area (Å²) in [5.41, 5.74) is 0.564. The molecular weight excluding hydrogens is 322 g/mol. The van der Waals surface area contributed by atoms with Gasteiger partial charge in [0.25, 0.3) is 0 Å². The lowest BCUT2D eigenvalue weighted by Gasteiger charge is -2.34.